The fraction of sp³-hybridized carbons (Fsp3) is 0.500. The average molecular weight is 291 g/mol. The van der Waals surface area contributed by atoms with Crippen molar-refractivity contribution in [3.63, 3.8) is 0 Å². The van der Waals surface area contributed by atoms with Crippen LogP contribution in [0.4, 0.5) is 0 Å². The lowest BCUT2D eigenvalue weighted by atomic mass is 9.82. The number of nitrogens with two attached hydrogens (primary N) is 1. The molecule has 2 heterocycles. The largest absolute Gasteiger partial charge is 0.381 e. The Labute approximate surface area is 123 Å². The van der Waals surface area contributed by atoms with Crippen LogP contribution in [0.1, 0.15) is 31.4 Å². The molecule has 108 valence electrons. The van der Waals surface area contributed by atoms with E-state index in [0.717, 1.165) is 26.1 Å². The standard InChI is InChI=1S/C16H21NO2S/c1-2-19-16(7-9-18-10-8-16)15(17)13-5-3-4-12-6-11-20-14(12)13/h3-6,11,15H,2,7-10,17H2,1H3. The highest BCUT2D eigenvalue weighted by molar-refractivity contribution is 7.17. The highest BCUT2D eigenvalue weighted by atomic mass is 32.1. The van der Waals surface area contributed by atoms with Gasteiger partial charge in [0.15, 0.2) is 0 Å². The second-order valence-electron chi connectivity index (χ2n) is 5.27. The Morgan fingerprint density at radius 2 is 2.15 bits per heavy atom. The van der Waals surface area contributed by atoms with Crippen molar-refractivity contribution in [2.45, 2.75) is 31.4 Å². The smallest absolute Gasteiger partial charge is 0.0918 e. The van der Waals surface area contributed by atoms with Gasteiger partial charge >= 0.3 is 0 Å². The van der Waals surface area contributed by atoms with Crippen LogP contribution in [0.15, 0.2) is 29.6 Å². The van der Waals surface area contributed by atoms with Crippen molar-refractivity contribution in [2.75, 3.05) is 19.8 Å². The molecule has 20 heavy (non-hydrogen) atoms. The number of hydrogen-bond acceptors (Lipinski definition) is 4. The summed E-state index contributed by atoms with van der Waals surface area (Å²) < 4.78 is 12.9. The first-order chi connectivity index (χ1) is 9.77. The van der Waals surface area contributed by atoms with Crippen LogP contribution in [0.3, 0.4) is 0 Å². The van der Waals surface area contributed by atoms with E-state index in [1.807, 2.05) is 6.92 Å². The Kier molecular flexibility index (Phi) is 4.08. The molecule has 0 saturated carbocycles. The van der Waals surface area contributed by atoms with E-state index in [9.17, 15) is 0 Å². The summed E-state index contributed by atoms with van der Waals surface area (Å²) in [5, 5.41) is 3.39. The summed E-state index contributed by atoms with van der Waals surface area (Å²) in [6.07, 6.45) is 1.73. The van der Waals surface area contributed by atoms with Crippen LogP contribution in [-0.2, 0) is 9.47 Å². The van der Waals surface area contributed by atoms with Gasteiger partial charge in [-0.15, -0.1) is 11.3 Å². The van der Waals surface area contributed by atoms with Crippen LogP contribution >= 0.6 is 11.3 Å². The van der Waals surface area contributed by atoms with Crippen molar-refractivity contribution < 1.29 is 9.47 Å². The lowest BCUT2D eigenvalue weighted by Gasteiger charge is -2.41. The highest BCUT2D eigenvalue weighted by Gasteiger charge is 2.40. The van der Waals surface area contributed by atoms with Crippen LogP contribution in [0, 0.1) is 0 Å². The van der Waals surface area contributed by atoms with Gasteiger partial charge in [0.1, 0.15) is 0 Å². The lowest BCUT2D eigenvalue weighted by Crippen LogP contribution is -2.48. The normalized spacial score (nSPS) is 20.1. The van der Waals surface area contributed by atoms with Crippen LogP contribution in [-0.4, -0.2) is 25.4 Å². The summed E-state index contributed by atoms with van der Waals surface area (Å²) in [7, 11) is 0. The number of thiophene rings is 1. The minimum Gasteiger partial charge on any atom is -0.381 e. The topological polar surface area (TPSA) is 44.5 Å². The summed E-state index contributed by atoms with van der Waals surface area (Å²) in [5.74, 6) is 0. The molecule has 0 spiro atoms. The summed E-state index contributed by atoms with van der Waals surface area (Å²) >= 11 is 1.76. The molecule has 0 amide bonds. The van der Waals surface area contributed by atoms with Gasteiger partial charge in [-0.05, 0) is 29.3 Å². The molecular formula is C16H21NO2S. The molecule has 1 saturated heterocycles. The Hall–Kier alpha value is -0.940. The van der Waals surface area contributed by atoms with Gasteiger partial charge in [0, 0.05) is 37.4 Å². The molecular weight excluding hydrogens is 270 g/mol. The maximum Gasteiger partial charge on any atom is 0.0918 e. The van der Waals surface area contributed by atoms with Crippen LogP contribution in [0.5, 0.6) is 0 Å². The molecule has 1 aromatic heterocycles. The molecule has 1 aliphatic rings. The van der Waals surface area contributed by atoms with E-state index in [4.69, 9.17) is 15.2 Å². The Morgan fingerprint density at radius 1 is 1.35 bits per heavy atom. The molecule has 2 N–H and O–H groups in total. The van der Waals surface area contributed by atoms with Gasteiger partial charge in [-0.25, -0.2) is 0 Å². The molecule has 0 aliphatic carbocycles. The highest BCUT2D eigenvalue weighted by Crippen LogP contribution is 2.39. The third kappa shape index (κ3) is 2.37. The maximum atomic E-state index is 6.64. The third-order valence-corrected chi connectivity index (χ3v) is 5.16. The van der Waals surface area contributed by atoms with Crippen molar-refractivity contribution in [3.8, 4) is 0 Å². The fourth-order valence-corrected chi connectivity index (χ4v) is 4.05. The predicted octanol–water partition coefficient (Wildman–Crippen LogP) is 3.49. The first kappa shape index (κ1) is 14.0. The molecule has 4 heteroatoms. The fourth-order valence-electron chi connectivity index (χ4n) is 3.09. The number of benzene rings is 1. The van der Waals surface area contributed by atoms with E-state index in [1.165, 1.54) is 15.6 Å². The maximum absolute atomic E-state index is 6.64. The summed E-state index contributed by atoms with van der Waals surface area (Å²) in [6.45, 7) is 4.19. The molecule has 2 aromatic rings. The molecule has 0 radical (unpaired) electrons. The van der Waals surface area contributed by atoms with E-state index >= 15 is 0 Å². The predicted molar refractivity (Wildman–Crippen MR) is 83.2 cm³/mol. The zero-order valence-corrected chi connectivity index (χ0v) is 12.6. The molecule has 1 aromatic carbocycles. The molecule has 3 rings (SSSR count). The van der Waals surface area contributed by atoms with Crippen molar-refractivity contribution in [3.05, 3.63) is 35.2 Å². The quantitative estimate of drug-likeness (QED) is 0.938. The number of hydrogen-bond donors (Lipinski definition) is 1. The second-order valence-corrected chi connectivity index (χ2v) is 6.19. The number of fused-ring (bicyclic) bond motifs is 1. The van der Waals surface area contributed by atoms with Gasteiger partial charge in [0.2, 0.25) is 0 Å². The molecule has 0 bridgehead atoms. The first-order valence-electron chi connectivity index (χ1n) is 7.20. The SMILES string of the molecule is CCOC1(C(N)c2cccc3ccsc23)CCOCC1. The monoisotopic (exact) mass is 291 g/mol. The molecule has 1 unspecified atom stereocenters. The summed E-state index contributed by atoms with van der Waals surface area (Å²) in [6, 6.07) is 8.41. The van der Waals surface area contributed by atoms with Crippen LogP contribution in [0.25, 0.3) is 10.1 Å². The molecule has 3 nitrogen and oxygen atoms in total. The molecule has 1 fully saturated rings. The van der Waals surface area contributed by atoms with Crippen LogP contribution in [0.2, 0.25) is 0 Å². The van der Waals surface area contributed by atoms with Gasteiger partial charge in [-0.1, -0.05) is 18.2 Å². The Morgan fingerprint density at radius 3 is 2.90 bits per heavy atom. The van der Waals surface area contributed by atoms with E-state index < -0.39 is 0 Å². The van der Waals surface area contributed by atoms with Crippen molar-refractivity contribution in [1.82, 2.24) is 0 Å². The van der Waals surface area contributed by atoms with Gasteiger partial charge < -0.3 is 15.2 Å². The van der Waals surface area contributed by atoms with Crippen molar-refractivity contribution in [2.24, 2.45) is 5.73 Å². The zero-order valence-electron chi connectivity index (χ0n) is 11.8. The molecule has 1 atom stereocenters. The van der Waals surface area contributed by atoms with Crippen molar-refractivity contribution >= 4 is 21.4 Å². The van der Waals surface area contributed by atoms with Gasteiger partial charge in [0.25, 0.3) is 0 Å². The third-order valence-electron chi connectivity index (χ3n) is 4.18. The van der Waals surface area contributed by atoms with Crippen LogP contribution < -0.4 is 5.73 Å². The summed E-state index contributed by atoms with van der Waals surface area (Å²) in [4.78, 5) is 0. The second kappa shape index (κ2) is 5.82. The van der Waals surface area contributed by atoms with E-state index in [0.29, 0.717) is 6.61 Å². The lowest BCUT2D eigenvalue weighted by molar-refractivity contribution is -0.121. The first-order valence-corrected chi connectivity index (χ1v) is 8.08. The van der Waals surface area contributed by atoms with Gasteiger partial charge in [-0.3, -0.25) is 0 Å². The molecule has 1 aliphatic heterocycles. The Balaban J connectivity index is 2.00. The minimum absolute atomic E-state index is 0.103. The zero-order chi connectivity index (χ0) is 14.0. The average Bonchev–Trinajstić information content (AvgIpc) is 2.96. The Bertz CT molecular complexity index is 569. The van der Waals surface area contributed by atoms with E-state index in [2.05, 4.69) is 29.6 Å². The number of rotatable bonds is 4. The van der Waals surface area contributed by atoms with E-state index in [-0.39, 0.29) is 11.6 Å². The minimum atomic E-state index is -0.286. The van der Waals surface area contributed by atoms with Crippen molar-refractivity contribution in [1.29, 1.82) is 0 Å². The number of ether oxygens (including phenoxy) is 2. The summed E-state index contributed by atoms with van der Waals surface area (Å²) in [5.41, 5.74) is 7.56. The van der Waals surface area contributed by atoms with E-state index in [1.54, 1.807) is 11.3 Å². The van der Waals surface area contributed by atoms with Gasteiger partial charge in [0.05, 0.1) is 11.6 Å². The van der Waals surface area contributed by atoms with Gasteiger partial charge in [-0.2, -0.15) is 0 Å².